The number of hydrogen-bond donors (Lipinski definition) is 2. The van der Waals surface area contributed by atoms with Gasteiger partial charge in [-0.3, -0.25) is 19.1 Å². The summed E-state index contributed by atoms with van der Waals surface area (Å²) in [6.45, 7) is 3.72. The average molecular weight is 574 g/mol. The monoisotopic (exact) mass is 573 g/mol. The molecule has 0 aliphatic carbocycles. The topological polar surface area (TPSA) is 120 Å². The Balaban J connectivity index is 1.46. The lowest BCUT2D eigenvalue weighted by Crippen LogP contribution is -2.51. The third-order valence-electron chi connectivity index (χ3n) is 7.02. The smallest absolute Gasteiger partial charge is 0.272 e. The molecule has 200 valence electrons. The molecule has 9 nitrogen and oxygen atoms in total. The van der Waals surface area contributed by atoms with Crippen molar-refractivity contribution in [3.05, 3.63) is 70.1 Å². The molecule has 1 fully saturated rings. The first-order valence-electron chi connectivity index (χ1n) is 12.1. The molecule has 1 amide bonds. The Morgan fingerprint density at radius 3 is 2.61 bits per heavy atom. The summed E-state index contributed by atoms with van der Waals surface area (Å²) in [5.41, 5.74) is 7.82. The van der Waals surface area contributed by atoms with Gasteiger partial charge in [0.2, 0.25) is 5.91 Å². The van der Waals surface area contributed by atoms with Crippen molar-refractivity contribution in [2.75, 3.05) is 18.4 Å². The number of rotatable bonds is 9. The van der Waals surface area contributed by atoms with Gasteiger partial charge in [0.25, 0.3) is 10.0 Å². The number of nitrogens with one attached hydrogen (secondary N) is 1. The number of aromatic nitrogens is 2. The number of sulfonamides is 1. The van der Waals surface area contributed by atoms with E-state index in [1.165, 1.54) is 13.2 Å². The minimum atomic E-state index is -3.90. The lowest BCUT2D eigenvalue weighted by Gasteiger charge is -2.32. The van der Waals surface area contributed by atoms with Crippen molar-refractivity contribution in [3.63, 3.8) is 0 Å². The van der Waals surface area contributed by atoms with Crippen molar-refractivity contribution in [2.45, 2.75) is 42.6 Å². The first-order chi connectivity index (χ1) is 18.1. The molecule has 3 heterocycles. The van der Waals surface area contributed by atoms with Crippen LogP contribution in [-0.2, 0) is 27.9 Å². The molecular formula is C26H28ClN5O4S2. The second-order valence-electron chi connectivity index (χ2n) is 9.51. The number of anilines is 1. The number of fused-ring (bicyclic) bond motifs is 1. The molecule has 0 saturated carbocycles. The number of carbonyl (C=O) groups is 1. The Morgan fingerprint density at radius 2 is 1.92 bits per heavy atom. The molecule has 1 aliphatic rings. The fourth-order valence-corrected chi connectivity index (χ4v) is 7.44. The molecule has 0 unspecified atom stereocenters. The molecule has 2 aromatic heterocycles. The van der Waals surface area contributed by atoms with Crippen LogP contribution < -0.4 is 15.2 Å². The zero-order chi connectivity index (χ0) is 27.1. The number of nitrogens with two attached hydrogens (primary N) is 1. The fourth-order valence-electron chi connectivity index (χ4n) is 4.95. The molecule has 0 radical (unpaired) electrons. The van der Waals surface area contributed by atoms with E-state index in [-0.39, 0.29) is 15.9 Å². The van der Waals surface area contributed by atoms with Crippen LogP contribution in [-0.4, -0.2) is 48.2 Å². The van der Waals surface area contributed by atoms with E-state index in [1.807, 2.05) is 37.3 Å². The van der Waals surface area contributed by atoms with Crippen LogP contribution in [0.2, 0.25) is 4.34 Å². The number of amides is 1. The number of benzene rings is 2. The minimum Gasteiger partial charge on any atom is -0.496 e. The minimum absolute atomic E-state index is 0.0951. The fraction of sp³-hybridized carbons (Fsp3) is 0.308. The van der Waals surface area contributed by atoms with Gasteiger partial charge in [-0.05, 0) is 61.7 Å². The summed E-state index contributed by atoms with van der Waals surface area (Å²) in [7, 11) is -2.36. The zero-order valence-electron chi connectivity index (χ0n) is 21.0. The van der Waals surface area contributed by atoms with E-state index in [9.17, 15) is 13.2 Å². The Hall–Kier alpha value is -3.12. The lowest BCUT2D eigenvalue weighted by atomic mass is 9.97. The highest BCUT2D eigenvalue weighted by atomic mass is 35.5. The maximum Gasteiger partial charge on any atom is 0.272 e. The number of nitrogens with zero attached hydrogens (tertiary/aromatic N) is 3. The van der Waals surface area contributed by atoms with Crippen molar-refractivity contribution >= 4 is 55.6 Å². The second kappa shape index (κ2) is 10.2. The zero-order valence-corrected chi connectivity index (χ0v) is 23.4. The van der Waals surface area contributed by atoms with Crippen LogP contribution in [0.4, 0.5) is 5.82 Å². The molecule has 12 heteroatoms. The molecule has 5 rings (SSSR count). The summed E-state index contributed by atoms with van der Waals surface area (Å²) in [5, 5.41) is 5.20. The number of halogens is 1. The largest absolute Gasteiger partial charge is 0.496 e. The lowest BCUT2D eigenvalue weighted by molar-refractivity contribution is -0.127. The first kappa shape index (κ1) is 26.5. The van der Waals surface area contributed by atoms with Crippen molar-refractivity contribution < 1.29 is 17.9 Å². The number of hydrogen-bond acceptors (Lipinski definition) is 7. The van der Waals surface area contributed by atoms with Gasteiger partial charge in [0.1, 0.15) is 9.96 Å². The Kier molecular flexibility index (Phi) is 7.12. The SMILES string of the molecule is COc1cccc2c1c(NS(=O)(=O)c1ccc(Cl)s1)nn2Cc1cccc(CN2CCC[C@]2(C)C(N)=O)c1. The van der Waals surface area contributed by atoms with Gasteiger partial charge in [0.05, 0.1) is 34.4 Å². The number of likely N-dealkylation sites (tertiary alicyclic amines) is 1. The van der Waals surface area contributed by atoms with Gasteiger partial charge in [0, 0.05) is 6.54 Å². The second-order valence-corrected chi connectivity index (χ2v) is 13.1. The van der Waals surface area contributed by atoms with Crippen molar-refractivity contribution in [3.8, 4) is 5.75 Å². The van der Waals surface area contributed by atoms with Crippen LogP contribution in [0.3, 0.4) is 0 Å². The quantitative estimate of drug-likeness (QED) is 0.305. The molecule has 1 atom stereocenters. The standard InChI is InChI=1S/C26H28ClN5O4S2/c1-26(25(28)33)12-5-13-31(26)15-17-6-3-7-18(14-17)16-32-19-8-4-9-20(36-2)23(19)24(29-32)30-38(34,35)22-11-10-21(27)37-22/h3-4,6-11,14H,5,12-13,15-16H2,1-2H3,(H2,28,33)(H,29,30)/t26-/m1/s1. The van der Waals surface area contributed by atoms with Gasteiger partial charge < -0.3 is 10.5 Å². The van der Waals surface area contributed by atoms with Crippen LogP contribution in [0.1, 0.15) is 30.9 Å². The highest BCUT2D eigenvalue weighted by Gasteiger charge is 2.41. The molecule has 3 N–H and O–H groups in total. The van der Waals surface area contributed by atoms with E-state index in [0.717, 1.165) is 47.4 Å². The Bertz CT molecular complexity index is 1620. The maximum absolute atomic E-state index is 13.0. The molecule has 38 heavy (non-hydrogen) atoms. The van der Waals surface area contributed by atoms with Crippen LogP contribution in [0.5, 0.6) is 5.75 Å². The number of thiophene rings is 1. The average Bonchev–Trinajstić information content (AvgIpc) is 3.58. The van der Waals surface area contributed by atoms with Crippen molar-refractivity contribution in [1.82, 2.24) is 14.7 Å². The third kappa shape index (κ3) is 4.98. The van der Waals surface area contributed by atoms with Gasteiger partial charge in [-0.2, -0.15) is 5.10 Å². The summed E-state index contributed by atoms with van der Waals surface area (Å²) in [6, 6.07) is 16.5. The van der Waals surface area contributed by atoms with E-state index >= 15 is 0 Å². The molecule has 1 aliphatic heterocycles. The Labute approximate surface area is 230 Å². The highest BCUT2D eigenvalue weighted by Crippen LogP contribution is 2.35. The van der Waals surface area contributed by atoms with Gasteiger partial charge in [-0.25, -0.2) is 8.42 Å². The van der Waals surface area contributed by atoms with E-state index < -0.39 is 15.6 Å². The summed E-state index contributed by atoms with van der Waals surface area (Å²) in [6.07, 6.45) is 1.68. The molecular weight excluding hydrogens is 546 g/mol. The molecule has 4 aromatic rings. The summed E-state index contributed by atoms with van der Waals surface area (Å²) in [5.74, 6) is 0.375. The highest BCUT2D eigenvalue weighted by molar-refractivity contribution is 7.94. The summed E-state index contributed by atoms with van der Waals surface area (Å²) < 4.78 is 36.5. The van der Waals surface area contributed by atoms with Gasteiger partial charge in [0.15, 0.2) is 5.82 Å². The number of carbonyl (C=O) groups excluding carboxylic acids is 1. The predicted octanol–water partition coefficient (Wildman–Crippen LogP) is 4.45. The number of methoxy groups -OCH3 is 1. The molecule has 0 bridgehead atoms. The van der Waals surface area contributed by atoms with Gasteiger partial charge >= 0.3 is 0 Å². The summed E-state index contributed by atoms with van der Waals surface area (Å²) >= 11 is 6.94. The maximum atomic E-state index is 13.0. The number of ether oxygens (including phenoxy) is 1. The molecule has 0 spiro atoms. The van der Waals surface area contributed by atoms with Gasteiger partial charge in [-0.1, -0.05) is 41.9 Å². The number of primary amides is 1. The first-order valence-corrected chi connectivity index (χ1v) is 14.7. The normalized spacial score (nSPS) is 18.2. The van der Waals surface area contributed by atoms with Crippen molar-refractivity contribution in [1.29, 1.82) is 0 Å². The summed E-state index contributed by atoms with van der Waals surface area (Å²) in [4.78, 5) is 14.2. The Morgan fingerprint density at radius 1 is 1.18 bits per heavy atom. The van der Waals surface area contributed by atoms with Crippen LogP contribution in [0, 0.1) is 0 Å². The van der Waals surface area contributed by atoms with E-state index in [4.69, 9.17) is 22.1 Å². The predicted molar refractivity (Wildman–Crippen MR) is 149 cm³/mol. The third-order valence-corrected chi connectivity index (χ3v) is 10.1. The van der Waals surface area contributed by atoms with E-state index in [2.05, 4.69) is 20.8 Å². The van der Waals surface area contributed by atoms with Crippen molar-refractivity contribution in [2.24, 2.45) is 5.73 Å². The molecule has 1 saturated heterocycles. The molecule has 2 aromatic carbocycles. The van der Waals surface area contributed by atoms with Crippen LogP contribution in [0.25, 0.3) is 10.9 Å². The van der Waals surface area contributed by atoms with E-state index in [0.29, 0.717) is 28.6 Å². The van der Waals surface area contributed by atoms with Gasteiger partial charge in [-0.15, -0.1) is 11.3 Å². The van der Waals surface area contributed by atoms with E-state index in [1.54, 1.807) is 16.8 Å². The van der Waals surface area contributed by atoms with Crippen LogP contribution in [0.15, 0.2) is 58.8 Å². The van der Waals surface area contributed by atoms with Crippen LogP contribution >= 0.6 is 22.9 Å².